The van der Waals surface area contributed by atoms with Gasteiger partial charge in [0.15, 0.2) is 0 Å². The van der Waals surface area contributed by atoms with Gasteiger partial charge >= 0.3 is 6.18 Å². The van der Waals surface area contributed by atoms with Crippen LogP contribution in [0.5, 0.6) is 0 Å². The van der Waals surface area contributed by atoms with Crippen LogP contribution < -0.4 is 10.6 Å². The number of imidazole rings is 1. The first-order chi connectivity index (χ1) is 15.4. The Bertz CT molecular complexity index is 1150. The quantitative estimate of drug-likeness (QED) is 0.438. The van der Waals surface area contributed by atoms with Crippen molar-refractivity contribution in [1.82, 2.24) is 9.55 Å². The van der Waals surface area contributed by atoms with Gasteiger partial charge in [0.2, 0.25) is 0 Å². The van der Waals surface area contributed by atoms with Crippen LogP contribution in [-0.2, 0) is 10.9 Å². The fourth-order valence-corrected chi connectivity index (χ4v) is 3.57. The van der Waals surface area contributed by atoms with E-state index in [1.807, 2.05) is 70.1 Å². The topological polar surface area (TPSA) is 56.3 Å². The van der Waals surface area contributed by atoms with Crippen molar-refractivity contribution in [2.45, 2.75) is 6.18 Å². The van der Waals surface area contributed by atoms with Gasteiger partial charge in [-0.3, -0.25) is 4.57 Å². The molecule has 0 spiro atoms. The first-order valence-electron chi connectivity index (χ1n) is 10.2. The molecule has 8 heteroatoms. The Labute approximate surface area is 183 Å². The van der Waals surface area contributed by atoms with Crippen LogP contribution in [0, 0.1) is 0 Å². The molecule has 1 saturated heterocycles. The predicted octanol–water partition coefficient (Wildman–Crippen LogP) is 5.15. The highest BCUT2D eigenvalue weighted by Crippen LogP contribution is 2.37. The smallest absolute Gasteiger partial charge is 0.399 e. The van der Waals surface area contributed by atoms with E-state index in [1.54, 1.807) is 6.33 Å². The summed E-state index contributed by atoms with van der Waals surface area (Å²) in [4.78, 5) is 6.16. The molecule has 0 saturated carbocycles. The van der Waals surface area contributed by atoms with Gasteiger partial charge in [-0.2, -0.15) is 13.2 Å². The fraction of sp³-hybridized carbons (Fsp3) is 0.208. The van der Waals surface area contributed by atoms with Gasteiger partial charge in [-0.1, -0.05) is 36.4 Å². The number of rotatable bonds is 2. The summed E-state index contributed by atoms with van der Waals surface area (Å²) in [5.74, 6) is 0. The summed E-state index contributed by atoms with van der Waals surface area (Å²) in [7, 11) is 0. The zero-order valence-electron chi connectivity index (χ0n) is 17.3. The summed E-state index contributed by atoms with van der Waals surface area (Å²) in [6.45, 7) is 2.10. The number of hydrogen-bond acceptors (Lipinski definition) is 4. The van der Waals surface area contributed by atoms with Crippen molar-refractivity contribution in [2.24, 2.45) is 0 Å². The highest BCUT2D eigenvalue weighted by molar-refractivity contribution is 5.91. The number of nitrogens with zero attached hydrogens (tertiary/aromatic N) is 3. The number of benzene rings is 3. The molecule has 2 heterocycles. The van der Waals surface area contributed by atoms with Crippen molar-refractivity contribution in [2.75, 3.05) is 36.9 Å². The van der Waals surface area contributed by atoms with Crippen LogP contribution in [0.3, 0.4) is 0 Å². The largest absolute Gasteiger partial charge is 0.416 e. The number of aromatic nitrogens is 2. The molecule has 5 nitrogen and oxygen atoms in total. The van der Waals surface area contributed by atoms with E-state index >= 15 is 0 Å². The number of anilines is 2. The number of fused-ring (bicyclic) bond motifs is 1. The number of nitrogen functional groups attached to an aromatic ring is 1. The van der Waals surface area contributed by atoms with E-state index in [-0.39, 0.29) is 0 Å². The molecule has 1 aliphatic heterocycles. The first kappa shape index (κ1) is 21.7. The van der Waals surface area contributed by atoms with E-state index < -0.39 is 11.7 Å². The van der Waals surface area contributed by atoms with Crippen LogP contribution in [0.25, 0.3) is 16.7 Å². The number of ether oxygens (including phenoxy) is 1. The maximum atomic E-state index is 13.3. The molecule has 5 rings (SSSR count). The maximum absolute atomic E-state index is 13.3. The Hall–Kier alpha value is -3.52. The first-order valence-corrected chi connectivity index (χ1v) is 10.2. The molecule has 0 amide bonds. The molecule has 0 atom stereocenters. The Kier molecular flexibility index (Phi) is 6.32. The van der Waals surface area contributed by atoms with Crippen LogP contribution in [0.15, 0.2) is 79.1 Å². The van der Waals surface area contributed by atoms with Crippen LogP contribution in [-0.4, -0.2) is 35.9 Å². The molecular weight excluding hydrogens is 417 g/mol. The Morgan fingerprint density at radius 2 is 1.50 bits per heavy atom. The van der Waals surface area contributed by atoms with Gasteiger partial charge < -0.3 is 15.4 Å². The molecule has 1 aromatic heterocycles. The van der Waals surface area contributed by atoms with Crippen molar-refractivity contribution < 1.29 is 17.9 Å². The van der Waals surface area contributed by atoms with Crippen molar-refractivity contribution in [3.63, 3.8) is 0 Å². The molecule has 1 fully saturated rings. The molecular formula is C24H23F3N4O. The average Bonchev–Trinajstić information content (AvgIpc) is 3.24. The number of alkyl halides is 3. The minimum absolute atomic E-state index is 0.333. The van der Waals surface area contributed by atoms with E-state index in [4.69, 9.17) is 10.5 Å². The third-order valence-corrected chi connectivity index (χ3v) is 5.14. The third kappa shape index (κ3) is 4.86. The van der Waals surface area contributed by atoms with E-state index in [9.17, 15) is 13.2 Å². The monoisotopic (exact) mass is 440 g/mol. The summed E-state index contributed by atoms with van der Waals surface area (Å²) in [5.41, 5.74) is 7.91. The van der Waals surface area contributed by atoms with E-state index in [0.717, 1.165) is 17.4 Å². The lowest BCUT2D eigenvalue weighted by molar-refractivity contribution is -0.137. The molecule has 0 radical (unpaired) electrons. The second-order valence-electron chi connectivity index (χ2n) is 7.32. The summed E-state index contributed by atoms with van der Waals surface area (Å²) in [6, 6.07) is 21.3. The van der Waals surface area contributed by atoms with Gasteiger partial charge in [-0.05, 0) is 36.4 Å². The third-order valence-electron chi connectivity index (χ3n) is 5.14. The zero-order valence-corrected chi connectivity index (χ0v) is 17.3. The average molecular weight is 440 g/mol. The number of hydrogen-bond donors (Lipinski definition) is 1. The molecule has 32 heavy (non-hydrogen) atoms. The summed E-state index contributed by atoms with van der Waals surface area (Å²) in [5, 5.41) is 0. The summed E-state index contributed by atoms with van der Waals surface area (Å²) in [6.07, 6.45) is -2.84. The van der Waals surface area contributed by atoms with Crippen LogP contribution in [0.1, 0.15) is 5.56 Å². The van der Waals surface area contributed by atoms with Crippen molar-refractivity contribution in [3.8, 4) is 5.69 Å². The summed E-state index contributed by atoms with van der Waals surface area (Å²) < 4.78 is 47.1. The van der Waals surface area contributed by atoms with Crippen LogP contribution in [0.2, 0.25) is 0 Å². The number of morpholine rings is 1. The second kappa shape index (κ2) is 9.32. The van der Waals surface area contributed by atoms with Gasteiger partial charge in [-0.15, -0.1) is 0 Å². The minimum atomic E-state index is -4.41. The van der Waals surface area contributed by atoms with E-state index in [1.165, 1.54) is 6.07 Å². The lowest BCUT2D eigenvalue weighted by Gasteiger charge is -2.30. The number of halogens is 3. The van der Waals surface area contributed by atoms with Gasteiger partial charge in [0.25, 0.3) is 0 Å². The number of nitrogens with two attached hydrogens (primary N) is 1. The Balaban J connectivity index is 0.000000300. The zero-order chi connectivity index (χ0) is 22.6. The van der Waals surface area contributed by atoms with Crippen LogP contribution >= 0.6 is 0 Å². The number of para-hydroxylation sites is 2. The molecule has 1 aliphatic rings. The van der Waals surface area contributed by atoms with Gasteiger partial charge in [0.1, 0.15) is 6.33 Å². The molecule has 0 bridgehead atoms. The van der Waals surface area contributed by atoms with Crippen LogP contribution in [0.4, 0.5) is 24.5 Å². The second-order valence-corrected chi connectivity index (χ2v) is 7.32. The maximum Gasteiger partial charge on any atom is 0.416 e. The van der Waals surface area contributed by atoms with Gasteiger partial charge in [0, 0.05) is 24.5 Å². The highest BCUT2D eigenvalue weighted by atomic mass is 19.4. The lowest BCUT2D eigenvalue weighted by Crippen LogP contribution is -2.36. The fourth-order valence-electron chi connectivity index (χ4n) is 3.57. The molecule has 2 N–H and O–H groups in total. The van der Waals surface area contributed by atoms with Crippen molar-refractivity contribution in [1.29, 1.82) is 0 Å². The molecule has 0 unspecified atom stereocenters. The van der Waals surface area contributed by atoms with Gasteiger partial charge in [-0.25, -0.2) is 4.98 Å². The molecule has 0 aliphatic carbocycles. The Morgan fingerprint density at radius 1 is 0.875 bits per heavy atom. The van der Waals surface area contributed by atoms with Gasteiger partial charge in [0.05, 0.1) is 35.5 Å². The van der Waals surface area contributed by atoms with E-state index in [0.29, 0.717) is 43.0 Å². The molecule has 166 valence electrons. The highest BCUT2D eigenvalue weighted by Gasteiger charge is 2.33. The normalized spacial score (nSPS) is 14.2. The lowest BCUT2D eigenvalue weighted by atomic mass is 10.1. The van der Waals surface area contributed by atoms with E-state index in [2.05, 4.69) is 4.98 Å². The molecule has 3 aromatic carbocycles. The minimum Gasteiger partial charge on any atom is -0.399 e. The SMILES string of the molecule is FC(F)(F)c1cc(N2CCOCC2)c2c(c1)ncn2-c1ccccc1.Nc1ccccc1. The summed E-state index contributed by atoms with van der Waals surface area (Å²) >= 11 is 0. The predicted molar refractivity (Wildman–Crippen MR) is 120 cm³/mol. The van der Waals surface area contributed by atoms with Crippen molar-refractivity contribution >= 4 is 22.4 Å². The molecule has 4 aromatic rings. The standard InChI is InChI=1S/C18H16F3N3O.C6H7N/c19-18(20,21)13-10-15-17(16(11-13)23-6-8-25-9-7-23)24(12-22-15)14-4-2-1-3-5-14;7-6-4-2-1-3-5-6/h1-5,10-12H,6-9H2;1-5H,7H2. The van der Waals surface area contributed by atoms with Crippen molar-refractivity contribution in [3.05, 3.63) is 84.7 Å². The Morgan fingerprint density at radius 3 is 2.06 bits per heavy atom.